The fourth-order valence-corrected chi connectivity index (χ4v) is 4.62. The quantitative estimate of drug-likeness (QED) is 0.827. The van der Waals surface area contributed by atoms with Crippen LogP contribution in [0.1, 0.15) is 44.2 Å². The zero-order valence-electron chi connectivity index (χ0n) is 11.7. The highest BCUT2D eigenvalue weighted by molar-refractivity contribution is 5.23. The first-order chi connectivity index (χ1) is 9.75. The average Bonchev–Trinajstić information content (AvgIpc) is 3.08. The second-order valence-corrected chi connectivity index (χ2v) is 6.95. The first kappa shape index (κ1) is 12.3. The number of ether oxygens (including phenoxy) is 1. The Morgan fingerprint density at radius 2 is 2.20 bits per heavy atom. The van der Waals surface area contributed by atoms with Crippen LogP contribution in [0.15, 0.2) is 24.4 Å². The molecule has 2 saturated carbocycles. The molecule has 1 saturated heterocycles. The molecule has 20 heavy (non-hydrogen) atoms. The van der Waals surface area contributed by atoms with E-state index < -0.39 is 0 Å². The Labute approximate surface area is 120 Å². The monoisotopic (exact) mass is 268 g/mol. The lowest BCUT2D eigenvalue weighted by atomic mass is 9.67. The van der Waals surface area contributed by atoms with E-state index in [2.05, 4.69) is 17.1 Å². The molecule has 3 fully saturated rings. The smallest absolute Gasteiger partial charge is 0.0697 e. The lowest BCUT2D eigenvalue weighted by Crippen LogP contribution is -2.47. The maximum atomic E-state index is 9.32. The van der Waals surface area contributed by atoms with E-state index in [-0.39, 0.29) is 11.0 Å². The van der Waals surface area contributed by atoms with Crippen molar-refractivity contribution in [2.24, 2.45) is 11.8 Å². The van der Waals surface area contributed by atoms with Gasteiger partial charge in [0.2, 0.25) is 0 Å². The van der Waals surface area contributed by atoms with Crippen molar-refractivity contribution in [1.29, 1.82) is 5.26 Å². The van der Waals surface area contributed by atoms with E-state index in [1.807, 2.05) is 18.3 Å². The van der Waals surface area contributed by atoms with Gasteiger partial charge in [-0.25, -0.2) is 0 Å². The first-order valence-corrected chi connectivity index (χ1v) is 7.68. The Kier molecular flexibility index (Phi) is 2.65. The molecule has 3 heteroatoms. The number of aromatic nitrogens is 1. The first-order valence-electron chi connectivity index (χ1n) is 7.68. The van der Waals surface area contributed by atoms with Gasteiger partial charge in [-0.05, 0) is 56.1 Å². The van der Waals surface area contributed by atoms with E-state index in [1.165, 1.54) is 19.3 Å². The molecule has 3 nitrogen and oxygen atoms in total. The minimum atomic E-state index is -0.0922. The van der Waals surface area contributed by atoms with E-state index in [4.69, 9.17) is 4.74 Å². The zero-order chi connectivity index (χ0) is 13.6. The summed E-state index contributed by atoms with van der Waals surface area (Å²) in [5.41, 5.74) is 1.04. The summed E-state index contributed by atoms with van der Waals surface area (Å²) in [7, 11) is 0. The van der Waals surface area contributed by atoms with Crippen LogP contribution in [0.5, 0.6) is 0 Å². The molecule has 1 spiro atoms. The third-order valence-corrected chi connectivity index (χ3v) is 5.61. The summed E-state index contributed by atoms with van der Waals surface area (Å²) in [6.07, 6.45) is 8.13. The predicted octanol–water partition coefficient (Wildman–Crippen LogP) is 3.21. The second kappa shape index (κ2) is 4.30. The van der Waals surface area contributed by atoms with Crippen molar-refractivity contribution < 1.29 is 4.74 Å². The lowest BCUT2D eigenvalue weighted by Gasteiger charge is -2.46. The van der Waals surface area contributed by atoms with Gasteiger partial charge in [0, 0.05) is 30.3 Å². The van der Waals surface area contributed by atoms with Crippen molar-refractivity contribution in [3.8, 4) is 6.07 Å². The molecule has 2 heterocycles. The minimum Gasteiger partial charge on any atom is -0.375 e. The SMILES string of the molecule is N#CCC1(c2ccccn2)CCOC2(CC3CC3C2)C1. The van der Waals surface area contributed by atoms with E-state index in [0.717, 1.165) is 37.0 Å². The number of fused-ring (bicyclic) bond motifs is 1. The van der Waals surface area contributed by atoms with Crippen LogP contribution < -0.4 is 0 Å². The van der Waals surface area contributed by atoms with Crippen molar-refractivity contribution >= 4 is 0 Å². The van der Waals surface area contributed by atoms with E-state index in [9.17, 15) is 5.26 Å². The number of nitriles is 1. The van der Waals surface area contributed by atoms with Gasteiger partial charge < -0.3 is 4.74 Å². The number of pyridine rings is 1. The maximum absolute atomic E-state index is 9.32. The second-order valence-electron chi connectivity index (χ2n) is 6.95. The number of hydrogen-bond acceptors (Lipinski definition) is 3. The van der Waals surface area contributed by atoms with Crippen LogP contribution in [0.4, 0.5) is 0 Å². The number of nitrogens with zero attached hydrogens (tertiary/aromatic N) is 2. The summed E-state index contributed by atoms with van der Waals surface area (Å²) >= 11 is 0. The molecule has 3 aliphatic rings. The van der Waals surface area contributed by atoms with Crippen molar-refractivity contribution in [3.63, 3.8) is 0 Å². The molecule has 0 radical (unpaired) electrons. The molecule has 4 rings (SSSR count). The molecule has 104 valence electrons. The Balaban J connectivity index is 1.67. The van der Waals surface area contributed by atoms with Gasteiger partial charge in [0.05, 0.1) is 11.7 Å². The van der Waals surface area contributed by atoms with Crippen molar-refractivity contribution in [1.82, 2.24) is 4.98 Å². The topological polar surface area (TPSA) is 45.9 Å². The Morgan fingerprint density at radius 3 is 2.90 bits per heavy atom. The van der Waals surface area contributed by atoms with Crippen LogP contribution in [0.3, 0.4) is 0 Å². The van der Waals surface area contributed by atoms with Crippen LogP contribution in [0.2, 0.25) is 0 Å². The Morgan fingerprint density at radius 1 is 1.35 bits per heavy atom. The summed E-state index contributed by atoms with van der Waals surface area (Å²) in [6, 6.07) is 8.48. The standard InChI is InChI=1S/C17H20N2O/c18-6-4-16(15-3-1-2-7-19-15)5-8-20-17(12-16)10-13-9-14(13)11-17/h1-3,7,13-14H,4-5,8-12H2. The summed E-state index contributed by atoms with van der Waals surface area (Å²) in [6.45, 7) is 0.775. The summed E-state index contributed by atoms with van der Waals surface area (Å²) in [5.74, 6) is 1.80. The fraction of sp³-hybridized carbons (Fsp3) is 0.647. The third-order valence-electron chi connectivity index (χ3n) is 5.61. The molecular formula is C17H20N2O. The van der Waals surface area contributed by atoms with Crippen LogP contribution >= 0.6 is 0 Å². The van der Waals surface area contributed by atoms with Gasteiger partial charge >= 0.3 is 0 Å². The largest absolute Gasteiger partial charge is 0.375 e. The van der Waals surface area contributed by atoms with Crippen molar-refractivity contribution in [3.05, 3.63) is 30.1 Å². The normalized spacial score (nSPS) is 42.1. The lowest BCUT2D eigenvalue weighted by molar-refractivity contribution is -0.109. The minimum absolute atomic E-state index is 0.0419. The van der Waals surface area contributed by atoms with Gasteiger partial charge in [-0.2, -0.15) is 5.26 Å². The van der Waals surface area contributed by atoms with Crippen LogP contribution in [0, 0.1) is 23.2 Å². The van der Waals surface area contributed by atoms with Gasteiger partial charge in [-0.1, -0.05) is 6.07 Å². The molecule has 1 aromatic rings. The van der Waals surface area contributed by atoms with Gasteiger partial charge in [0.1, 0.15) is 0 Å². The Bertz CT molecular complexity index is 540. The van der Waals surface area contributed by atoms with E-state index in [0.29, 0.717) is 6.42 Å². The van der Waals surface area contributed by atoms with Crippen LogP contribution in [0.25, 0.3) is 0 Å². The molecule has 1 aromatic heterocycles. The molecule has 0 aromatic carbocycles. The molecular weight excluding hydrogens is 248 g/mol. The van der Waals surface area contributed by atoms with E-state index >= 15 is 0 Å². The van der Waals surface area contributed by atoms with Crippen molar-refractivity contribution in [2.45, 2.75) is 49.5 Å². The zero-order valence-corrected chi connectivity index (χ0v) is 11.7. The highest BCUT2D eigenvalue weighted by Crippen LogP contribution is 2.61. The molecule has 0 amide bonds. The molecule has 0 bridgehead atoms. The number of rotatable bonds is 2. The third kappa shape index (κ3) is 1.86. The van der Waals surface area contributed by atoms with Gasteiger partial charge in [-0.15, -0.1) is 0 Å². The molecule has 1 aliphatic heterocycles. The van der Waals surface area contributed by atoms with Crippen LogP contribution in [-0.4, -0.2) is 17.2 Å². The Hall–Kier alpha value is -1.40. The average molecular weight is 268 g/mol. The molecule has 2 aliphatic carbocycles. The maximum Gasteiger partial charge on any atom is 0.0697 e. The van der Waals surface area contributed by atoms with Gasteiger partial charge in [0.25, 0.3) is 0 Å². The molecule has 3 unspecified atom stereocenters. The van der Waals surface area contributed by atoms with E-state index in [1.54, 1.807) is 0 Å². The number of hydrogen-bond donors (Lipinski definition) is 0. The van der Waals surface area contributed by atoms with Crippen LogP contribution in [-0.2, 0) is 10.2 Å². The van der Waals surface area contributed by atoms with Gasteiger partial charge in [0.15, 0.2) is 0 Å². The molecule has 0 N–H and O–H groups in total. The summed E-state index contributed by atoms with van der Waals surface area (Å²) in [4.78, 5) is 4.57. The highest BCUT2D eigenvalue weighted by atomic mass is 16.5. The van der Waals surface area contributed by atoms with Gasteiger partial charge in [-0.3, -0.25) is 4.98 Å². The summed E-state index contributed by atoms with van der Waals surface area (Å²) < 4.78 is 6.21. The highest BCUT2D eigenvalue weighted by Gasteiger charge is 2.58. The predicted molar refractivity (Wildman–Crippen MR) is 74.9 cm³/mol. The van der Waals surface area contributed by atoms with Crippen molar-refractivity contribution in [2.75, 3.05) is 6.61 Å². The fourth-order valence-electron chi connectivity index (χ4n) is 4.62. The summed E-state index contributed by atoms with van der Waals surface area (Å²) in [5, 5.41) is 9.32. The molecule has 3 atom stereocenters.